The van der Waals surface area contributed by atoms with Gasteiger partial charge in [-0.2, -0.15) is 0 Å². The van der Waals surface area contributed by atoms with E-state index >= 15 is 0 Å². The Bertz CT molecular complexity index is 1120. The number of hydrogen-bond acceptors (Lipinski definition) is 6. The van der Waals surface area contributed by atoms with E-state index in [9.17, 15) is 14.4 Å². The molecule has 0 aliphatic rings. The van der Waals surface area contributed by atoms with Crippen LogP contribution < -0.4 is 0 Å². The summed E-state index contributed by atoms with van der Waals surface area (Å²) in [5.41, 5.74) is 0. The Morgan fingerprint density at radius 3 is 0.694 bits per heavy atom. The molecule has 72 heavy (non-hydrogen) atoms. The number of rotatable bonds is 61. The molecule has 0 radical (unpaired) electrons. The summed E-state index contributed by atoms with van der Waals surface area (Å²) in [4.78, 5) is 38.3. The molecule has 0 aromatic carbocycles. The van der Waals surface area contributed by atoms with Crippen LogP contribution in [0.2, 0.25) is 0 Å². The van der Waals surface area contributed by atoms with Gasteiger partial charge in [-0.3, -0.25) is 14.4 Å². The van der Waals surface area contributed by atoms with Gasteiger partial charge in [0.25, 0.3) is 0 Å². The predicted molar refractivity (Wildman–Crippen MR) is 312 cm³/mol. The zero-order chi connectivity index (χ0) is 52.2. The molecule has 0 fully saturated rings. The average Bonchev–Trinajstić information content (AvgIpc) is 3.38. The van der Waals surface area contributed by atoms with Crippen molar-refractivity contribution >= 4 is 17.9 Å². The highest BCUT2D eigenvalue weighted by Crippen LogP contribution is 2.18. The van der Waals surface area contributed by atoms with Gasteiger partial charge in [0.2, 0.25) is 0 Å². The van der Waals surface area contributed by atoms with E-state index in [4.69, 9.17) is 14.2 Å². The van der Waals surface area contributed by atoms with Gasteiger partial charge in [-0.25, -0.2) is 0 Å². The maximum Gasteiger partial charge on any atom is 0.306 e. The fraction of sp³-hybridized carbons (Fsp3) is 0.924. The second-order valence-corrected chi connectivity index (χ2v) is 22.4. The van der Waals surface area contributed by atoms with Gasteiger partial charge in [0, 0.05) is 19.3 Å². The molecule has 6 heteroatoms. The summed E-state index contributed by atoms with van der Waals surface area (Å²) in [6.45, 7) is 6.71. The fourth-order valence-corrected chi connectivity index (χ4v) is 10.1. The van der Waals surface area contributed by atoms with Gasteiger partial charge in [-0.15, -0.1) is 0 Å². The number of carbonyl (C=O) groups excluding carboxylic acids is 3. The summed E-state index contributed by atoms with van der Waals surface area (Å²) < 4.78 is 16.9. The average molecular weight is 1020 g/mol. The van der Waals surface area contributed by atoms with Crippen molar-refractivity contribution in [2.24, 2.45) is 0 Å². The number of allylic oxidation sites excluding steroid dienone is 2. The third-order valence-electron chi connectivity index (χ3n) is 15.0. The van der Waals surface area contributed by atoms with Crippen LogP contribution in [-0.4, -0.2) is 37.2 Å². The van der Waals surface area contributed by atoms with Crippen molar-refractivity contribution in [1.29, 1.82) is 0 Å². The Morgan fingerprint density at radius 1 is 0.264 bits per heavy atom. The predicted octanol–water partition coefficient (Wildman–Crippen LogP) is 22.1. The van der Waals surface area contributed by atoms with Crippen LogP contribution >= 0.6 is 0 Å². The van der Waals surface area contributed by atoms with E-state index in [1.54, 1.807) is 0 Å². The molecule has 0 aliphatic carbocycles. The third kappa shape index (κ3) is 59.0. The Morgan fingerprint density at radius 2 is 0.458 bits per heavy atom. The molecule has 0 saturated carbocycles. The molecule has 0 bridgehead atoms. The second kappa shape index (κ2) is 61.7. The number of carbonyl (C=O) groups is 3. The van der Waals surface area contributed by atoms with Crippen molar-refractivity contribution in [3.05, 3.63) is 12.2 Å². The number of hydrogen-bond donors (Lipinski definition) is 0. The molecule has 0 rings (SSSR count). The third-order valence-corrected chi connectivity index (χ3v) is 15.0. The van der Waals surface area contributed by atoms with Crippen LogP contribution in [0.5, 0.6) is 0 Å². The molecule has 0 unspecified atom stereocenters. The largest absolute Gasteiger partial charge is 0.462 e. The fourth-order valence-electron chi connectivity index (χ4n) is 10.1. The molecule has 0 amide bonds. The molecular formula is C66H126O6. The van der Waals surface area contributed by atoms with Crippen LogP contribution in [0.4, 0.5) is 0 Å². The lowest BCUT2D eigenvalue weighted by Gasteiger charge is -2.18. The van der Waals surface area contributed by atoms with Gasteiger partial charge in [0.1, 0.15) is 13.2 Å². The van der Waals surface area contributed by atoms with E-state index in [0.29, 0.717) is 19.3 Å². The zero-order valence-corrected chi connectivity index (χ0v) is 49.0. The van der Waals surface area contributed by atoms with E-state index in [0.717, 1.165) is 57.8 Å². The Hall–Kier alpha value is -1.85. The lowest BCUT2D eigenvalue weighted by atomic mass is 10.0. The van der Waals surface area contributed by atoms with Gasteiger partial charge < -0.3 is 14.2 Å². The van der Waals surface area contributed by atoms with Crippen molar-refractivity contribution in [3.63, 3.8) is 0 Å². The van der Waals surface area contributed by atoms with E-state index in [-0.39, 0.29) is 31.1 Å². The smallest absolute Gasteiger partial charge is 0.306 e. The quantitative estimate of drug-likeness (QED) is 0.0261. The maximum absolute atomic E-state index is 12.9. The summed E-state index contributed by atoms with van der Waals surface area (Å²) in [5, 5.41) is 0. The monoisotopic (exact) mass is 1010 g/mol. The molecule has 6 nitrogen and oxygen atoms in total. The SMILES string of the molecule is CCCCCCCC/C=C\CCCCCCCCCCCCCC(=O)OC[C@H](COC(=O)CCCCCCCCCCCCCCCCCCCCCCC)OC(=O)CCCCCCCCCCCCCC. The molecule has 0 aromatic rings. The van der Waals surface area contributed by atoms with Crippen LogP contribution in [-0.2, 0) is 28.6 Å². The molecule has 0 heterocycles. The van der Waals surface area contributed by atoms with E-state index < -0.39 is 6.10 Å². The summed E-state index contributed by atoms with van der Waals surface area (Å²) in [6, 6.07) is 0. The highest BCUT2D eigenvalue weighted by molar-refractivity contribution is 5.71. The standard InChI is InChI=1S/C66H126O6/c1-4-7-10-13-16-19-22-25-27-29-31-33-35-37-39-41-44-46-49-52-55-58-64(67)70-61-63(72-66(69)60-57-54-51-48-43-24-21-18-15-12-9-6-3)62-71-65(68)59-56-53-50-47-45-42-40-38-36-34-32-30-28-26-23-20-17-14-11-8-5-2/h25,27,63H,4-24,26,28-62H2,1-3H3/b27-25-/t63-/m1/s1. The maximum atomic E-state index is 12.9. The molecule has 0 aliphatic heterocycles. The minimum Gasteiger partial charge on any atom is -0.462 e. The minimum atomic E-state index is -0.765. The number of esters is 3. The van der Waals surface area contributed by atoms with Crippen LogP contribution in [0.15, 0.2) is 12.2 Å². The van der Waals surface area contributed by atoms with Gasteiger partial charge in [0.05, 0.1) is 0 Å². The molecule has 0 N–H and O–H groups in total. The number of ether oxygens (including phenoxy) is 3. The summed E-state index contributed by atoms with van der Waals surface area (Å²) in [7, 11) is 0. The molecule has 1 atom stereocenters. The van der Waals surface area contributed by atoms with Crippen molar-refractivity contribution in [3.8, 4) is 0 Å². The van der Waals surface area contributed by atoms with Crippen LogP contribution in [0.1, 0.15) is 374 Å². The van der Waals surface area contributed by atoms with Crippen LogP contribution in [0.25, 0.3) is 0 Å². The Balaban J connectivity index is 4.21. The number of unbranched alkanes of at least 4 members (excludes halogenated alkanes) is 48. The second-order valence-electron chi connectivity index (χ2n) is 22.4. The first-order valence-corrected chi connectivity index (χ1v) is 32.7. The first kappa shape index (κ1) is 70.1. The minimum absolute atomic E-state index is 0.0632. The van der Waals surface area contributed by atoms with Crippen molar-refractivity contribution in [2.75, 3.05) is 13.2 Å². The van der Waals surface area contributed by atoms with Crippen LogP contribution in [0, 0.1) is 0 Å². The lowest BCUT2D eigenvalue weighted by molar-refractivity contribution is -0.167. The summed E-state index contributed by atoms with van der Waals surface area (Å²) in [6.07, 6.45) is 72.2. The van der Waals surface area contributed by atoms with Gasteiger partial charge in [0.15, 0.2) is 6.10 Å². The van der Waals surface area contributed by atoms with Crippen molar-refractivity contribution in [2.45, 2.75) is 380 Å². The van der Waals surface area contributed by atoms with Crippen molar-refractivity contribution < 1.29 is 28.6 Å². The van der Waals surface area contributed by atoms with Gasteiger partial charge >= 0.3 is 17.9 Å². The van der Waals surface area contributed by atoms with E-state index in [1.807, 2.05) is 0 Å². The molecule has 0 saturated heterocycles. The molecule has 0 aromatic heterocycles. The van der Waals surface area contributed by atoms with Gasteiger partial charge in [-0.05, 0) is 44.9 Å². The van der Waals surface area contributed by atoms with E-state index in [1.165, 1.54) is 276 Å². The Kier molecular flexibility index (Phi) is 60.1. The first-order valence-electron chi connectivity index (χ1n) is 32.7. The topological polar surface area (TPSA) is 78.9 Å². The van der Waals surface area contributed by atoms with Crippen LogP contribution in [0.3, 0.4) is 0 Å². The highest BCUT2D eigenvalue weighted by atomic mass is 16.6. The first-order chi connectivity index (χ1) is 35.5. The zero-order valence-electron chi connectivity index (χ0n) is 49.0. The summed E-state index contributed by atoms with van der Waals surface area (Å²) >= 11 is 0. The summed E-state index contributed by atoms with van der Waals surface area (Å²) in [5.74, 6) is -0.833. The normalized spacial score (nSPS) is 12.0. The Labute approximate surface area is 450 Å². The van der Waals surface area contributed by atoms with Gasteiger partial charge in [-0.1, -0.05) is 322 Å². The molecule has 426 valence electrons. The molecular weight excluding hydrogens is 889 g/mol. The lowest BCUT2D eigenvalue weighted by Crippen LogP contribution is -2.30. The highest BCUT2D eigenvalue weighted by Gasteiger charge is 2.19. The molecule has 0 spiro atoms. The van der Waals surface area contributed by atoms with Crippen molar-refractivity contribution in [1.82, 2.24) is 0 Å². The van der Waals surface area contributed by atoms with E-state index in [2.05, 4.69) is 32.9 Å².